The molecule has 106 valence electrons. The van der Waals surface area contributed by atoms with Gasteiger partial charge >= 0.3 is 0 Å². The molecule has 21 heavy (non-hydrogen) atoms. The van der Waals surface area contributed by atoms with Gasteiger partial charge in [0.1, 0.15) is 5.82 Å². The van der Waals surface area contributed by atoms with Crippen molar-refractivity contribution in [3.63, 3.8) is 0 Å². The lowest BCUT2D eigenvalue weighted by atomic mass is 10.2. The van der Waals surface area contributed by atoms with Crippen LogP contribution in [0, 0.1) is 11.3 Å². The van der Waals surface area contributed by atoms with Crippen LogP contribution >= 0.6 is 11.6 Å². The number of hydrogen-bond donors (Lipinski definition) is 1. The van der Waals surface area contributed by atoms with Crippen molar-refractivity contribution in [2.24, 2.45) is 0 Å². The van der Waals surface area contributed by atoms with E-state index < -0.39 is 0 Å². The van der Waals surface area contributed by atoms with E-state index >= 15 is 0 Å². The lowest BCUT2D eigenvalue weighted by Crippen LogP contribution is -2.26. The second-order valence-electron chi connectivity index (χ2n) is 4.33. The number of carbonyl (C=O) groups excluding carboxylic acids is 1. The minimum Gasteiger partial charge on any atom is -0.372 e. The number of anilines is 2. The van der Waals surface area contributed by atoms with E-state index in [1.165, 1.54) is 11.1 Å². The van der Waals surface area contributed by atoms with Crippen molar-refractivity contribution >= 4 is 29.0 Å². The normalized spacial score (nSPS) is 9.81. The van der Waals surface area contributed by atoms with Crippen molar-refractivity contribution in [1.29, 1.82) is 5.26 Å². The Bertz CT molecular complexity index is 724. The van der Waals surface area contributed by atoms with Gasteiger partial charge in [-0.25, -0.2) is 4.98 Å². The summed E-state index contributed by atoms with van der Waals surface area (Å²) in [6, 6.07) is 10.4. The van der Waals surface area contributed by atoms with Crippen LogP contribution in [0.4, 0.5) is 11.5 Å². The summed E-state index contributed by atoms with van der Waals surface area (Å²) in [6.45, 7) is 0. The molecule has 0 fully saturated rings. The van der Waals surface area contributed by atoms with Gasteiger partial charge in [0, 0.05) is 26.0 Å². The van der Waals surface area contributed by atoms with E-state index in [4.69, 9.17) is 16.9 Å². The molecule has 0 bridgehead atoms. The van der Waals surface area contributed by atoms with Crippen LogP contribution in [0.15, 0.2) is 36.5 Å². The SMILES string of the molecule is CNc1ncc(C(=O)N(C)c2cccc(C#N)c2)cc1Cl. The highest BCUT2D eigenvalue weighted by Gasteiger charge is 2.15. The van der Waals surface area contributed by atoms with Crippen LogP contribution in [0.5, 0.6) is 0 Å². The average Bonchev–Trinajstić information content (AvgIpc) is 2.53. The highest BCUT2D eigenvalue weighted by molar-refractivity contribution is 6.33. The molecule has 0 aliphatic rings. The van der Waals surface area contributed by atoms with E-state index in [9.17, 15) is 4.79 Å². The third-order valence-electron chi connectivity index (χ3n) is 2.99. The van der Waals surface area contributed by atoms with Gasteiger partial charge < -0.3 is 10.2 Å². The Balaban J connectivity index is 2.30. The zero-order valence-electron chi connectivity index (χ0n) is 11.6. The Hall–Kier alpha value is -2.58. The molecule has 6 heteroatoms. The standard InChI is InChI=1S/C15H13ClN4O/c1-18-14-13(16)7-11(9-19-14)15(21)20(2)12-5-3-4-10(6-12)8-17/h3-7,9H,1-2H3,(H,18,19). The summed E-state index contributed by atoms with van der Waals surface area (Å²) in [5, 5.41) is 12.1. The summed E-state index contributed by atoms with van der Waals surface area (Å²) in [4.78, 5) is 18.0. The third kappa shape index (κ3) is 3.12. The molecule has 1 amide bonds. The maximum absolute atomic E-state index is 12.4. The predicted octanol–water partition coefficient (Wildman–Crippen LogP) is 2.92. The molecule has 0 radical (unpaired) electrons. The van der Waals surface area contributed by atoms with Crippen LogP contribution in [-0.4, -0.2) is 25.0 Å². The summed E-state index contributed by atoms with van der Waals surface area (Å²) in [6.07, 6.45) is 1.46. The lowest BCUT2D eigenvalue weighted by molar-refractivity contribution is 0.0992. The van der Waals surface area contributed by atoms with Crippen LogP contribution in [0.1, 0.15) is 15.9 Å². The topological polar surface area (TPSA) is 69.0 Å². The smallest absolute Gasteiger partial charge is 0.259 e. The summed E-state index contributed by atoms with van der Waals surface area (Å²) < 4.78 is 0. The molecule has 0 spiro atoms. The van der Waals surface area contributed by atoms with Gasteiger partial charge in [-0.2, -0.15) is 5.26 Å². The van der Waals surface area contributed by atoms with Crippen LogP contribution in [0.2, 0.25) is 5.02 Å². The minimum absolute atomic E-state index is 0.248. The second kappa shape index (κ2) is 6.25. The summed E-state index contributed by atoms with van der Waals surface area (Å²) in [5.74, 6) is 0.268. The fourth-order valence-electron chi connectivity index (χ4n) is 1.83. The van der Waals surface area contributed by atoms with Crippen LogP contribution in [0.3, 0.4) is 0 Å². The van der Waals surface area contributed by atoms with Crippen molar-refractivity contribution in [3.05, 3.63) is 52.7 Å². The molecule has 1 N–H and O–H groups in total. The fraction of sp³-hybridized carbons (Fsp3) is 0.133. The highest BCUT2D eigenvalue weighted by Crippen LogP contribution is 2.22. The number of nitrogens with zero attached hydrogens (tertiary/aromatic N) is 3. The summed E-state index contributed by atoms with van der Waals surface area (Å²) >= 11 is 6.03. The number of halogens is 1. The molecule has 0 unspecified atom stereocenters. The molecule has 0 saturated carbocycles. The number of hydrogen-bond acceptors (Lipinski definition) is 4. The molecular weight excluding hydrogens is 288 g/mol. The van der Waals surface area contributed by atoms with Crippen molar-refractivity contribution in [3.8, 4) is 6.07 Å². The quantitative estimate of drug-likeness (QED) is 0.946. The van der Waals surface area contributed by atoms with Gasteiger partial charge in [0.2, 0.25) is 0 Å². The van der Waals surface area contributed by atoms with E-state index in [1.807, 2.05) is 6.07 Å². The number of nitrogens with one attached hydrogen (secondary N) is 1. The molecule has 0 saturated heterocycles. The number of nitriles is 1. The van der Waals surface area contributed by atoms with Crippen molar-refractivity contribution in [1.82, 2.24) is 4.98 Å². The van der Waals surface area contributed by atoms with Crippen molar-refractivity contribution in [2.75, 3.05) is 24.3 Å². The minimum atomic E-state index is -0.248. The Kier molecular flexibility index (Phi) is 4.41. The van der Waals surface area contributed by atoms with E-state index in [-0.39, 0.29) is 5.91 Å². The van der Waals surface area contributed by atoms with Crippen LogP contribution in [-0.2, 0) is 0 Å². The Morgan fingerprint density at radius 3 is 2.81 bits per heavy atom. The van der Waals surface area contributed by atoms with Gasteiger partial charge in [-0.05, 0) is 24.3 Å². The van der Waals surface area contributed by atoms with E-state index in [0.717, 1.165) is 0 Å². The number of rotatable bonds is 3. The first-order valence-corrected chi connectivity index (χ1v) is 6.56. The largest absolute Gasteiger partial charge is 0.372 e. The molecule has 2 rings (SSSR count). The molecule has 2 aromatic rings. The third-order valence-corrected chi connectivity index (χ3v) is 3.28. The van der Waals surface area contributed by atoms with Gasteiger partial charge in [0.15, 0.2) is 0 Å². The van der Waals surface area contributed by atoms with Crippen LogP contribution in [0.25, 0.3) is 0 Å². The number of carbonyl (C=O) groups is 1. The summed E-state index contributed by atoms with van der Waals surface area (Å²) in [5.41, 5.74) is 1.51. The molecule has 1 aromatic heterocycles. The molecule has 0 aliphatic heterocycles. The van der Waals surface area contributed by atoms with Crippen molar-refractivity contribution < 1.29 is 4.79 Å². The van der Waals surface area contributed by atoms with Crippen LogP contribution < -0.4 is 10.2 Å². The first-order valence-electron chi connectivity index (χ1n) is 6.18. The first kappa shape index (κ1) is 14.8. The molecule has 1 heterocycles. The van der Waals surface area contributed by atoms with Gasteiger partial charge in [-0.15, -0.1) is 0 Å². The fourth-order valence-corrected chi connectivity index (χ4v) is 2.09. The average molecular weight is 301 g/mol. The Morgan fingerprint density at radius 2 is 2.19 bits per heavy atom. The van der Waals surface area contributed by atoms with E-state index in [1.54, 1.807) is 44.4 Å². The number of aromatic nitrogens is 1. The number of amides is 1. The number of pyridine rings is 1. The van der Waals surface area contributed by atoms with Gasteiger partial charge in [-0.3, -0.25) is 4.79 Å². The van der Waals surface area contributed by atoms with Gasteiger partial charge in [0.05, 0.1) is 22.2 Å². The maximum Gasteiger partial charge on any atom is 0.259 e. The Morgan fingerprint density at radius 1 is 1.43 bits per heavy atom. The molecular formula is C15H13ClN4O. The summed E-state index contributed by atoms with van der Waals surface area (Å²) in [7, 11) is 3.34. The molecule has 1 aromatic carbocycles. The highest BCUT2D eigenvalue weighted by atomic mass is 35.5. The monoisotopic (exact) mass is 300 g/mol. The van der Waals surface area contributed by atoms with Gasteiger partial charge in [-0.1, -0.05) is 17.7 Å². The van der Waals surface area contributed by atoms with E-state index in [2.05, 4.69) is 10.3 Å². The van der Waals surface area contributed by atoms with Crippen molar-refractivity contribution in [2.45, 2.75) is 0 Å². The maximum atomic E-state index is 12.4. The molecule has 0 aliphatic carbocycles. The number of benzene rings is 1. The zero-order chi connectivity index (χ0) is 15.4. The lowest BCUT2D eigenvalue weighted by Gasteiger charge is -2.17. The second-order valence-corrected chi connectivity index (χ2v) is 4.74. The first-order chi connectivity index (χ1) is 10.1. The van der Waals surface area contributed by atoms with Gasteiger partial charge in [0.25, 0.3) is 5.91 Å². The Labute approximate surface area is 127 Å². The predicted molar refractivity (Wildman–Crippen MR) is 82.7 cm³/mol. The van der Waals surface area contributed by atoms with E-state index in [0.29, 0.717) is 27.7 Å². The molecule has 0 atom stereocenters. The molecule has 5 nitrogen and oxygen atoms in total. The zero-order valence-corrected chi connectivity index (χ0v) is 12.3.